The molecule has 0 spiro atoms. The summed E-state index contributed by atoms with van der Waals surface area (Å²) in [6, 6.07) is -1.21. The molecule has 0 saturated carbocycles. The number of phosphoric ester groups is 1. The van der Waals surface area contributed by atoms with Crippen LogP contribution in [-0.2, 0) is 25.3 Å². The van der Waals surface area contributed by atoms with Crippen molar-refractivity contribution in [3.8, 4) is 5.75 Å². The molecule has 12 nitrogen and oxygen atoms in total. The Kier molecular flexibility index (Phi) is 13.0. The molecule has 1 aromatic heterocycles. The first kappa shape index (κ1) is 27.6. The maximum absolute atomic E-state index is 10.7. The van der Waals surface area contributed by atoms with Gasteiger partial charge in [-0.1, -0.05) is 0 Å². The summed E-state index contributed by atoms with van der Waals surface area (Å²) in [5.41, 5.74) is 5.19. The average Bonchev–Trinajstić information content (AvgIpc) is 2.53. The van der Waals surface area contributed by atoms with E-state index in [0.29, 0.717) is 6.29 Å². The van der Waals surface area contributed by atoms with Crippen molar-refractivity contribution in [1.29, 1.82) is 0 Å². The number of phosphoric acid groups is 1. The van der Waals surface area contributed by atoms with Gasteiger partial charge in [-0.25, -0.2) is 4.57 Å². The van der Waals surface area contributed by atoms with Crippen LogP contribution in [0.5, 0.6) is 5.75 Å². The predicted molar refractivity (Wildman–Crippen MR) is 85.8 cm³/mol. The van der Waals surface area contributed by atoms with E-state index in [1.165, 1.54) is 13.1 Å². The minimum absolute atomic E-state index is 0. The van der Waals surface area contributed by atoms with E-state index in [4.69, 9.17) is 15.5 Å². The SMILES string of the molecule is Cc1ncc(COP(=O)(O)O)c(C=O)c1O.NC(CCC(=O)[O-])C(=O)[O-].[Mg+2]. The Bertz CT molecular complexity index is 709. The Labute approximate surface area is 169 Å². The maximum Gasteiger partial charge on any atom is 2.00 e. The Hall–Kier alpha value is -1.60. The molecule has 146 valence electrons. The Morgan fingerprint density at radius 2 is 1.96 bits per heavy atom. The number of aldehydes is 1. The van der Waals surface area contributed by atoms with Crippen LogP contribution in [0.15, 0.2) is 6.20 Å². The molecule has 1 atom stereocenters. The van der Waals surface area contributed by atoms with Crippen molar-refractivity contribution >= 4 is 49.1 Å². The zero-order chi connectivity index (χ0) is 20.5. The van der Waals surface area contributed by atoms with Gasteiger partial charge in [0.1, 0.15) is 5.75 Å². The molecule has 0 saturated heterocycles. The number of hydrogen-bond acceptors (Lipinski definition) is 10. The molecule has 0 radical (unpaired) electrons. The molecule has 27 heavy (non-hydrogen) atoms. The van der Waals surface area contributed by atoms with Crippen molar-refractivity contribution in [2.45, 2.75) is 32.4 Å². The van der Waals surface area contributed by atoms with Crippen LogP contribution < -0.4 is 15.9 Å². The number of carboxylic acids is 2. The fourth-order valence-electron chi connectivity index (χ4n) is 1.44. The second kappa shape index (κ2) is 12.7. The third-order valence-corrected chi connectivity index (χ3v) is 3.29. The molecule has 14 heteroatoms. The number of rotatable bonds is 8. The van der Waals surface area contributed by atoms with Crippen molar-refractivity contribution < 1.29 is 48.6 Å². The van der Waals surface area contributed by atoms with E-state index in [1.807, 2.05) is 0 Å². The number of carboxylic acid groups (broad SMARTS) is 2. The number of pyridine rings is 1. The molecule has 1 aromatic rings. The molecule has 5 N–H and O–H groups in total. The molecule has 0 amide bonds. The number of nitrogens with zero attached hydrogens (tertiary/aromatic N) is 1. The molecule has 1 heterocycles. The Balaban J connectivity index is 0. The topological polar surface area (TPSA) is 223 Å². The van der Waals surface area contributed by atoms with E-state index in [9.17, 15) is 34.3 Å². The van der Waals surface area contributed by atoms with Crippen molar-refractivity contribution in [3.05, 3.63) is 23.0 Å². The summed E-state index contributed by atoms with van der Waals surface area (Å²) in [7, 11) is -4.61. The van der Waals surface area contributed by atoms with Gasteiger partial charge < -0.3 is 40.4 Å². The number of aromatic nitrogens is 1. The van der Waals surface area contributed by atoms with Crippen LogP contribution in [0.4, 0.5) is 0 Å². The monoisotopic (exact) mass is 416 g/mol. The maximum atomic E-state index is 10.7. The predicted octanol–water partition coefficient (Wildman–Crippen LogP) is -3.27. The summed E-state index contributed by atoms with van der Waals surface area (Å²) in [4.78, 5) is 51.0. The first-order chi connectivity index (χ1) is 11.9. The standard InChI is InChI=1S/C8H10NO6P.C5H9NO4.Mg/c1-5-8(11)7(3-10)6(2-9-5)4-15-16(12,13)14;6-3(5(9)10)1-2-4(7)8;/h2-3,11H,4H2,1H3,(H2,12,13,14);3H,1-2,6H2,(H,7,8)(H,9,10);/q;;+2/p-2. The Morgan fingerprint density at radius 3 is 2.37 bits per heavy atom. The zero-order valence-corrected chi connectivity index (χ0v) is 16.5. The quantitative estimate of drug-likeness (QED) is 0.186. The van der Waals surface area contributed by atoms with Crippen LogP contribution in [0.1, 0.15) is 34.5 Å². The Morgan fingerprint density at radius 1 is 1.41 bits per heavy atom. The summed E-state index contributed by atoms with van der Waals surface area (Å²) in [5, 5.41) is 29.1. The third-order valence-electron chi connectivity index (χ3n) is 2.83. The van der Waals surface area contributed by atoms with Gasteiger partial charge in [0.25, 0.3) is 0 Å². The van der Waals surface area contributed by atoms with E-state index >= 15 is 0 Å². The van der Waals surface area contributed by atoms with E-state index < -0.39 is 32.4 Å². The first-order valence-corrected chi connectivity index (χ1v) is 8.41. The summed E-state index contributed by atoms with van der Waals surface area (Å²) in [6.07, 6.45) is 1.09. The molecule has 1 unspecified atom stereocenters. The van der Waals surface area contributed by atoms with Crippen LogP contribution in [0.3, 0.4) is 0 Å². The normalized spacial score (nSPS) is 11.4. The van der Waals surface area contributed by atoms with Gasteiger partial charge in [0.2, 0.25) is 0 Å². The van der Waals surface area contributed by atoms with E-state index in [-0.39, 0.29) is 58.5 Å². The van der Waals surface area contributed by atoms with Gasteiger partial charge in [-0.05, 0) is 19.8 Å². The fourth-order valence-corrected chi connectivity index (χ4v) is 1.75. The number of carbonyl (C=O) groups excluding carboxylic acids is 3. The van der Waals surface area contributed by atoms with E-state index in [0.717, 1.165) is 0 Å². The molecule has 0 aliphatic rings. The van der Waals surface area contributed by atoms with E-state index in [2.05, 4.69) is 9.51 Å². The second-order valence-electron chi connectivity index (χ2n) is 4.85. The van der Waals surface area contributed by atoms with Gasteiger partial charge in [-0.3, -0.25) is 14.3 Å². The fraction of sp³-hybridized carbons (Fsp3) is 0.385. The van der Waals surface area contributed by atoms with Crippen molar-refractivity contribution in [1.82, 2.24) is 4.98 Å². The molecular weight excluding hydrogens is 399 g/mol. The molecule has 0 aliphatic carbocycles. The number of aliphatic carboxylic acids is 2. The van der Waals surface area contributed by atoms with Crippen LogP contribution in [0.2, 0.25) is 0 Å². The summed E-state index contributed by atoms with van der Waals surface area (Å²) in [6.45, 7) is 0.995. The molecule has 0 aliphatic heterocycles. The second-order valence-corrected chi connectivity index (χ2v) is 6.09. The van der Waals surface area contributed by atoms with Gasteiger partial charge in [0.05, 0.1) is 23.8 Å². The molecule has 0 bridgehead atoms. The van der Waals surface area contributed by atoms with Crippen LogP contribution >= 0.6 is 7.82 Å². The summed E-state index contributed by atoms with van der Waals surface area (Å²) >= 11 is 0. The third kappa shape index (κ3) is 11.7. The number of aryl methyl sites for hydroxylation is 1. The van der Waals surface area contributed by atoms with Crippen LogP contribution in [0.25, 0.3) is 0 Å². The zero-order valence-electron chi connectivity index (χ0n) is 14.2. The van der Waals surface area contributed by atoms with Gasteiger partial charge in [-0.15, -0.1) is 0 Å². The van der Waals surface area contributed by atoms with Crippen LogP contribution in [0, 0.1) is 6.92 Å². The summed E-state index contributed by atoms with van der Waals surface area (Å²) in [5.74, 6) is -3.07. The number of hydrogen-bond donors (Lipinski definition) is 4. The average molecular weight is 417 g/mol. The first-order valence-electron chi connectivity index (χ1n) is 6.88. The molecule has 0 aromatic carbocycles. The van der Waals surface area contributed by atoms with Gasteiger partial charge in [0.15, 0.2) is 6.29 Å². The minimum Gasteiger partial charge on any atom is -0.550 e. The van der Waals surface area contributed by atoms with Gasteiger partial charge in [0, 0.05) is 23.8 Å². The smallest absolute Gasteiger partial charge is 0.550 e. The molecule has 1 rings (SSSR count). The minimum atomic E-state index is -4.61. The van der Waals surface area contributed by atoms with Crippen molar-refractivity contribution in [3.63, 3.8) is 0 Å². The summed E-state index contributed by atoms with van der Waals surface area (Å²) < 4.78 is 14.7. The number of aromatic hydroxyl groups is 1. The van der Waals surface area contributed by atoms with Gasteiger partial charge >= 0.3 is 30.9 Å². The van der Waals surface area contributed by atoms with Gasteiger partial charge in [-0.2, -0.15) is 0 Å². The largest absolute Gasteiger partial charge is 2.00 e. The number of nitrogens with two attached hydrogens (primary N) is 1. The van der Waals surface area contributed by atoms with E-state index in [1.54, 1.807) is 0 Å². The van der Waals surface area contributed by atoms with Crippen LogP contribution in [-0.4, -0.2) is 67.2 Å². The van der Waals surface area contributed by atoms with Crippen molar-refractivity contribution in [2.24, 2.45) is 5.73 Å². The van der Waals surface area contributed by atoms with Crippen molar-refractivity contribution in [2.75, 3.05) is 0 Å². The molecular formula is C13H17MgN2O10P. The molecule has 0 fully saturated rings. The number of carbonyl (C=O) groups is 3.